The van der Waals surface area contributed by atoms with Crippen LogP contribution in [-0.2, 0) is 0 Å². The van der Waals surface area contributed by atoms with Crippen LogP contribution in [0, 0.1) is 5.82 Å². The first-order valence-electron chi connectivity index (χ1n) is 4.39. The number of benzene rings is 1. The first-order valence-corrected chi connectivity index (χ1v) is 5.57. The fourth-order valence-corrected chi connectivity index (χ4v) is 1.62. The minimum Gasteiger partial charge on any atom is -0.456 e. The molecule has 0 spiro atoms. The lowest BCUT2D eigenvalue weighted by atomic mass is 10.3. The monoisotopic (exact) mass is 301 g/mol. The minimum atomic E-state index is -0.363. The van der Waals surface area contributed by atoms with Crippen molar-refractivity contribution in [2.45, 2.75) is 0 Å². The normalized spacial score (nSPS) is 10.2. The Kier molecular flexibility index (Phi) is 3.41. The lowest BCUT2D eigenvalue weighted by Gasteiger charge is -2.07. The van der Waals surface area contributed by atoms with E-state index in [1.54, 1.807) is 18.2 Å². The van der Waals surface area contributed by atoms with Gasteiger partial charge in [-0.1, -0.05) is 11.6 Å². The molecule has 1 aromatic carbocycles. The summed E-state index contributed by atoms with van der Waals surface area (Å²) in [6.07, 6.45) is 1.52. The van der Waals surface area contributed by atoms with Crippen LogP contribution in [0.15, 0.2) is 41.0 Å². The number of hydrogen-bond acceptors (Lipinski definition) is 2. The van der Waals surface area contributed by atoms with E-state index in [0.717, 1.165) is 0 Å². The third-order valence-electron chi connectivity index (χ3n) is 1.82. The topological polar surface area (TPSA) is 22.1 Å². The Balaban J connectivity index is 2.30. The highest BCUT2D eigenvalue weighted by molar-refractivity contribution is 9.10. The predicted octanol–water partition coefficient (Wildman–Crippen LogP) is 4.43. The van der Waals surface area contributed by atoms with E-state index in [4.69, 9.17) is 16.3 Å². The maximum absolute atomic E-state index is 13.0. The minimum absolute atomic E-state index is 0.324. The van der Waals surface area contributed by atoms with Crippen LogP contribution in [0.1, 0.15) is 0 Å². The van der Waals surface area contributed by atoms with E-state index in [-0.39, 0.29) is 5.82 Å². The number of aromatic nitrogens is 1. The molecule has 1 heterocycles. The summed E-state index contributed by atoms with van der Waals surface area (Å²) in [6.45, 7) is 0. The standard InChI is InChI=1S/C11H6BrClFNO/c12-9-2-1-7(14)5-10(9)16-8-3-4-15-11(13)6-8/h1-6H. The Bertz CT molecular complexity index is 521. The molecule has 0 fully saturated rings. The largest absolute Gasteiger partial charge is 0.456 e. The average Bonchev–Trinajstić information content (AvgIpc) is 2.24. The molecule has 16 heavy (non-hydrogen) atoms. The van der Waals surface area contributed by atoms with Crippen molar-refractivity contribution in [3.63, 3.8) is 0 Å². The van der Waals surface area contributed by atoms with Gasteiger partial charge >= 0.3 is 0 Å². The molecule has 1 aromatic heterocycles. The van der Waals surface area contributed by atoms with Gasteiger partial charge < -0.3 is 4.74 Å². The SMILES string of the molecule is Fc1ccc(Br)c(Oc2ccnc(Cl)c2)c1. The van der Waals surface area contributed by atoms with E-state index in [1.807, 2.05) is 0 Å². The van der Waals surface area contributed by atoms with Crippen molar-refractivity contribution >= 4 is 27.5 Å². The third-order valence-corrected chi connectivity index (χ3v) is 2.68. The summed E-state index contributed by atoms with van der Waals surface area (Å²) >= 11 is 8.97. The summed E-state index contributed by atoms with van der Waals surface area (Å²) in [7, 11) is 0. The van der Waals surface area contributed by atoms with Crippen LogP contribution in [0.5, 0.6) is 11.5 Å². The molecule has 0 saturated heterocycles. The molecular formula is C11H6BrClFNO. The average molecular weight is 303 g/mol. The van der Waals surface area contributed by atoms with Crippen molar-refractivity contribution < 1.29 is 9.13 Å². The molecule has 2 rings (SSSR count). The van der Waals surface area contributed by atoms with Crippen molar-refractivity contribution in [2.75, 3.05) is 0 Å². The fourth-order valence-electron chi connectivity index (χ4n) is 1.13. The molecule has 0 saturated carbocycles. The number of ether oxygens (including phenoxy) is 1. The molecule has 2 aromatic rings. The summed E-state index contributed by atoms with van der Waals surface area (Å²) in [5, 5.41) is 0.324. The zero-order valence-electron chi connectivity index (χ0n) is 7.95. The Labute approximate surface area is 105 Å². The van der Waals surface area contributed by atoms with Crippen LogP contribution < -0.4 is 4.74 Å². The van der Waals surface area contributed by atoms with Crippen LogP contribution in [-0.4, -0.2) is 4.98 Å². The number of pyridine rings is 1. The smallest absolute Gasteiger partial charge is 0.144 e. The van der Waals surface area contributed by atoms with Gasteiger partial charge in [-0.25, -0.2) is 9.37 Å². The molecule has 0 aliphatic heterocycles. The molecule has 0 unspecified atom stereocenters. The van der Waals surface area contributed by atoms with E-state index >= 15 is 0 Å². The maximum atomic E-state index is 13.0. The number of hydrogen-bond donors (Lipinski definition) is 0. The van der Waals surface area contributed by atoms with Gasteiger partial charge in [0.25, 0.3) is 0 Å². The molecule has 0 bridgehead atoms. The summed E-state index contributed by atoms with van der Waals surface area (Å²) in [6, 6.07) is 7.41. The van der Waals surface area contributed by atoms with Crippen molar-refractivity contribution in [3.05, 3.63) is 52.0 Å². The summed E-state index contributed by atoms with van der Waals surface area (Å²) < 4.78 is 19.1. The van der Waals surface area contributed by atoms with Gasteiger partial charge in [-0.05, 0) is 34.1 Å². The zero-order valence-corrected chi connectivity index (χ0v) is 10.3. The Morgan fingerprint density at radius 2 is 2.06 bits per heavy atom. The molecule has 2 nitrogen and oxygen atoms in total. The highest BCUT2D eigenvalue weighted by Gasteiger charge is 2.04. The van der Waals surface area contributed by atoms with Gasteiger partial charge in [0.2, 0.25) is 0 Å². The second-order valence-electron chi connectivity index (χ2n) is 2.99. The summed E-state index contributed by atoms with van der Waals surface area (Å²) in [5.74, 6) is 0.534. The highest BCUT2D eigenvalue weighted by Crippen LogP contribution is 2.30. The van der Waals surface area contributed by atoms with Crippen LogP contribution in [0.4, 0.5) is 4.39 Å². The quantitative estimate of drug-likeness (QED) is 0.766. The van der Waals surface area contributed by atoms with Gasteiger partial charge in [0.1, 0.15) is 22.5 Å². The number of rotatable bonds is 2. The molecule has 0 N–H and O–H groups in total. The van der Waals surface area contributed by atoms with Crippen LogP contribution >= 0.6 is 27.5 Å². The van der Waals surface area contributed by atoms with Gasteiger partial charge in [-0.15, -0.1) is 0 Å². The van der Waals surface area contributed by atoms with Crippen LogP contribution in [0.2, 0.25) is 5.15 Å². The van der Waals surface area contributed by atoms with Crippen molar-refractivity contribution in [1.29, 1.82) is 0 Å². The zero-order chi connectivity index (χ0) is 11.5. The maximum Gasteiger partial charge on any atom is 0.144 e. The lowest BCUT2D eigenvalue weighted by molar-refractivity contribution is 0.473. The van der Waals surface area contributed by atoms with E-state index in [1.165, 1.54) is 18.3 Å². The second kappa shape index (κ2) is 4.80. The Morgan fingerprint density at radius 1 is 1.25 bits per heavy atom. The van der Waals surface area contributed by atoms with Gasteiger partial charge in [0.05, 0.1) is 4.47 Å². The predicted molar refractivity (Wildman–Crippen MR) is 63.4 cm³/mol. The lowest BCUT2D eigenvalue weighted by Crippen LogP contribution is -1.87. The Hall–Kier alpha value is -1.13. The van der Waals surface area contributed by atoms with E-state index in [2.05, 4.69) is 20.9 Å². The van der Waals surface area contributed by atoms with E-state index in [0.29, 0.717) is 21.1 Å². The van der Waals surface area contributed by atoms with Crippen molar-refractivity contribution in [1.82, 2.24) is 4.98 Å². The molecule has 0 radical (unpaired) electrons. The van der Waals surface area contributed by atoms with E-state index < -0.39 is 0 Å². The fraction of sp³-hybridized carbons (Fsp3) is 0. The highest BCUT2D eigenvalue weighted by atomic mass is 79.9. The Morgan fingerprint density at radius 3 is 2.81 bits per heavy atom. The first kappa shape index (κ1) is 11.4. The first-order chi connectivity index (χ1) is 7.65. The van der Waals surface area contributed by atoms with Gasteiger partial charge in [-0.2, -0.15) is 0 Å². The van der Waals surface area contributed by atoms with Crippen LogP contribution in [0.3, 0.4) is 0 Å². The van der Waals surface area contributed by atoms with Crippen LogP contribution in [0.25, 0.3) is 0 Å². The van der Waals surface area contributed by atoms with Crippen molar-refractivity contribution in [2.24, 2.45) is 0 Å². The summed E-state index contributed by atoms with van der Waals surface area (Å²) in [4.78, 5) is 3.82. The number of halogens is 3. The molecule has 0 amide bonds. The van der Waals surface area contributed by atoms with Gasteiger partial charge in [0, 0.05) is 18.3 Å². The molecule has 0 aliphatic rings. The molecule has 82 valence electrons. The van der Waals surface area contributed by atoms with E-state index in [9.17, 15) is 4.39 Å². The van der Waals surface area contributed by atoms with Gasteiger partial charge in [-0.3, -0.25) is 0 Å². The van der Waals surface area contributed by atoms with Gasteiger partial charge in [0.15, 0.2) is 0 Å². The second-order valence-corrected chi connectivity index (χ2v) is 4.23. The summed E-state index contributed by atoms with van der Waals surface area (Å²) in [5.41, 5.74) is 0. The molecular weight excluding hydrogens is 296 g/mol. The molecule has 0 atom stereocenters. The molecule has 5 heteroatoms. The molecule has 0 aliphatic carbocycles. The van der Waals surface area contributed by atoms with Crippen molar-refractivity contribution in [3.8, 4) is 11.5 Å². The number of nitrogens with zero attached hydrogens (tertiary/aromatic N) is 1. The third kappa shape index (κ3) is 2.71.